The van der Waals surface area contributed by atoms with Gasteiger partial charge in [-0.1, -0.05) is 29.8 Å². The molecule has 2 aromatic heterocycles. The van der Waals surface area contributed by atoms with E-state index in [0.717, 1.165) is 58.1 Å². The number of rotatable bonds is 7. The summed E-state index contributed by atoms with van der Waals surface area (Å²) in [5.74, 6) is 1.77. The number of hydrogen-bond donors (Lipinski definition) is 1. The van der Waals surface area contributed by atoms with E-state index in [-0.39, 0.29) is 5.54 Å². The maximum absolute atomic E-state index is 6.20. The van der Waals surface area contributed by atoms with E-state index in [4.69, 9.17) is 27.1 Å². The van der Waals surface area contributed by atoms with Gasteiger partial charge in [0.05, 0.1) is 37.4 Å². The molecule has 8 nitrogen and oxygen atoms in total. The molecular weight excluding hydrogens is 462 g/mol. The molecule has 9 heteroatoms. The van der Waals surface area contributed by atoms with Crippen LogP contribution in [0, 0.1) is 6.92 Å². The lowest BCUT2D eigenvalue weighted by molar-refractivity contribution is 0.130. The van der Waals surface area contributed by atoms with Crippen molar-refractivity contribution in [2.24, 2.45) is 10.7 Å². The van der Waals surface area contributed by atoms with Gasteiger partial charge in [-0.2, -0.15) is 5.10 Å². The van der Waals surface area contributed by atoms with Gasteiger partial charge in [-0.15, -0.1) is 10.2 Å². The molecule has 1 aliphatic carbocycles. The van der Waals surface area contributed by atoms with Crippen molar-refractivity contribution in [3.8, 4) is 16.8 Å². The van der Waals surface area contributed by atoms with Gasteiger partial charge in [0, 0.05) is 34.5 Å². The number of nitrogens with zero attached hydrogens (tertiary/aromatic N) is 6. The Hall–Kier alpha value is -3.33. The van der Waals surface area contributed by atoms with Gasteiger partial charge < -0.3 is 10.5 Å². The third-order valence-electron chi connectivity index (χ3n) is 6.59. The molecule has 0 amide bonds. The van der Waals surface area contributed by atoms with Gasteiger partial charge in [-0.05, 0) is 49.6 Å². The molecule has 0 atom stereocenters. The van der Waals surface area contributed by atoms with Crippen molar-refractivity contribution in [1.29, 1.82) is 0 Å². The Labute approximate surface area is 208 Å². The van der Waals surface area contributed by atoms with Gasteiger partial charge in [0.15, 0.2) is 5.82 Å². The molecule has 0 saturated heterocycles. The summed E-state index contributed by atoms with van der Waals surface area (Å²) in [5, 5.41) is 14.2. The summed E-state index contributed by atoms with van der Waals surface area (Å²) in [4.78, 5) is 5.32. The highest BCUT2D eigenvalue weighted by atomic mass is 35.5. The fourth-order valence-corrected chi connectivity index (χ4v) is 4.76. The van der Waals surface area contributed by atoms with Crippen molar-refractivity contribution in [1.82, 2.24) is 24.5 Å². The molecule has 0 radical (unpaired) electrons. The highest BCUT2D eigenvalue weighted by Crippen LogP contribution is 2.51. The molecule has 2 N–H and O–H groups in total. The molecule has 1 saturated carbocycles. The Kier molecular flexibility index (Phi) is 5.51. The first-order valence-corrected chi connectivity index (χ1v) is 12.2. The van der Waals surface area contributed by atoms with E-state index >= 15 is 0 Å². The highest BCUT2D eigenvalue weighted by Gasteiger charge is 2.51. The predicted octanol–water partition coefficient (Wildman–Crippen LogP) is 3.91. The first kappa shape index (κ1) is 22.2. The van der Waals surface area contributed by atoms with Crippen molar-refractivity contribution >= 4 is 17.3 Å². The fraction of sp³-hybridized carbons (Fsp3) is 0.308. The molecule has 1 aliphatic heterocycles. The number of benzene rings is 2. The minimum absolute atomic E-state index is 0.330. The van der Waals surface area contributed by atoms with Gasteiger partial charge in [0.25, 0.3) is 0 Å². The van der Waals surface area contributed by atoms with Crippen LogP contribution in [0.15, 0.2) is 59.9 Å². The second kappa shape index (κ2) is 8.71. The molecule has 178 valence electrons. The van der Waals surface area contributed by atoms with Crippen LogP contribution >= 0.6 is 11.6 Å². The van der Waals surface area contributed by atoms with Crippen molar-refractivity contribution in [3.63, 3.8) is 0 Å². The minimum Gasteiger partial charge on any atom is -0.378 e. The van der Waals surface area contributed by atoms with Crippen molar-refractivity contribution in [3.05, 3.63) is 82.7 Å². The number of nitrogens with two attached hydrogens (primary N) is 1. The topological polar surface area (TPSA) is 96.1 Å². The largest absolute Gasteiger partial charge is 0.378 e. The van der Waals surface area contributed by atoms with Crippen LogP contribution in [-0.4, -0.2) is 50.0 Å². The van der Waals surface area contributed by atoms with Crippen molar-refractivity contribution < 1.29 is 4.74 Å². The molecule has 1 spiro atoms. The summed E-state index contributed by atoms with van der Waals surface area (Å²) >= 11 is 6.20. The normalized spacial score (nSPS) is 15.5. The molecular formula is C26H26ClN7O. The monoisotopic (exact) mass is 487 g/mol. The SMILES string of the molecule is Cc1nnc2n1-c1ccc(-c3cnn(CCOCCN)c3)cc1C(c1ccc(Cl)cc1)=NC21CC1. The summed E-state index contributed by atoms with van der Waals surface area (Å²) < 4.78 is 9.56. The molecule has 0 bridgehead atoms. The number of halogens is 1. The highest BCUT2D eigenvalue weighted by molar-refractivity contribution is 6.30. The maximum Gasteiger partial charge on any atom is 0.165 e. The van der Waals surface area contributed by atoms with Gasteiger partial charge in [0.2, 0.25) is 0 Å². The van der Waals surface area contributed by atoms with Crippen LogP contribution < -0.4 is 5.73 Å². The third-order valence-corrected chi connectivity index (χ3v) is 6.85. The molecule has 2 aromatic carbocycles. The summed E-state index contributed by atoms with van der Waals surface area (Å²) in [6.45, 7) is 4.32. The number of aryl methyl sites for hydroxylation is 1. The van der Waals surface area contributed by atoms with Crippen LogP contribution in [0.25, 0.3) is 16.8 Å². The van der Waals surface area contributed by atoms with Gasteiger partial charge in [-0.3, -0.25) is 14.2 Å². The lowest BCUT2D eigenvalue weighted by Gasteiger charge is -2.14. The van der Waals surface area contributed by atoms with E-state index in [1.165, 1.54) is 0 Å². The average Bonchev–Trinajstić information content (AvgIpc) is 3.34. The molecule has 4 aromatic rings. The first-order valence-electron chi connectivity index (χ1n) is 11.8. The van der Waals surface area contributed by atoms with Crippen molar-refractivity contribution in [2.45, 2.75) is 31.8 Å². The quantitative estimate of drug-likeness (QED) is 0.399. The number of fused-ring (bicyclic) bond motifs is 4. The zero-order valence-electron chi connectivity index (χ0n) is 19.5. The minimum atomic E-state index is -0.330. The molecule has 35 heavy (non-hydrogen) atoms. The van der Waals surface area contributed by atoms with Crippen molar-refractivity contribution in [2.75, 3.05) is 19.8 Å². The fourth-order valence-electron chi connectivity index (χ4n) is 4.64. The van der Waals surface area contributed by atoms with Gasteiger partial charge in [0.1, 0.15) is 11.4 Å². The van der Waals surface area contributed by atoms with Gasteiger partial charge in [-0.25, -0.2) is 0 Å². The zero-order chi connectivity index (χ0) is 24.0. The second-order valence-corrected chi connectivity index (χ2v) is 9.47. The van der Waals surface area contributed by atoms with Crippen LogP contribution in [0.1, 0.15) is 35.6 Å². The van der Waals surface area contributed by atoms with Crippen LogP contribution in [-0.2, 0) is 16.8 Å². The Balaban J connectivity index is 1.45. The molecule has 6 rings (SSSR count). The van der Waals surface area contributed by atoms with E-state index in [1.54, 1.807) is 0 Å². The average molecular weight is 488 g/mol. The number of ether oxygens (including phenoxy) is 1. The summed E-state index contributed by atoms with van der Waals surface area (Å²) in [5.41, 5.74) is 11.3. The third kappa shape index (κ3) is 3.97. The first-order chi connectivity index (χ1) is 17.1. The molecule has 2 aliphatic rings. The van der Waals surface area contributed by atoms with Crippen LogP contribution in [0.2, 0.25) is 5.02 Å². The number of aliphatic imine (C=N–C) groups is 1. The summed E-state index contributed by atoms with van der Waals surface area (Å²) in [6.07, 6.45) is 5.85. The maximum atomic E-state index is 6.20. The standard InChI is InChI=1S/C26H26ClN7O/c1-17-31-32-25-26(8-9-26)30-24(18-2-5-21(27)6-3-18)22-14-19(4-7-23(22)34(17)25)20-15-29-33(16-20)11-13-35-12-10-28/h2-7,14-16H,8-13,28H2,1H3. The lowest BCUT2D eigenvalue weighted by atomic mass is 9.96. The van der Waals surface area contributed by atoms with Crippen LogP contribution in [0.3, 0.4) is 0 Å². The number of hydrogen-bond acceptors (Lipinski definition) is 6. The Morgan fingerprint density at radius 3 is 2.60 bits per heavy atom. The Bertz CT molecular complexity index is 1420. The second-order valence-electron chi connectivity index (χ2n) is 9.03. The van der Waals surface area contributed by atoms with E-state index in [0.29, 0.717) is 31.3 Å². The lowest BCUT2D eigenvalue weighted by Crippen LogP contribution is -2.12. The van der Waals surface area contributed by atoms with E-state index < -0.39 is 0 Å². The molecule has 0 unspecified atom stereocenters. The van der Waals surface area contributed by atoms with Crippen LogP contribution in [0.4, 0.5) is 0 Å². The van der Waals surface area contributed by atoms with Gasteiger partial charge >= 0.3 is 0 Å². The van der Waals surface area contributed by atoms with E-state index in [1.807, 2.05) is 48.3 Å². The van der Waals surface area contributed by atoms with E-state index in [9.17, 15) is 0 Å². The summed E-state index contributed by atoms with van der Waals surface area (Å²) in [6, 6.07) is 14.3. The smallest absolute Gasteiger partial charge is 0.165 e. The zero-order valence-corrected chi connectivity index (χ0v) is 20.2. The molecule has 3 heterocycles. The van der Waals surface area contributed by atoms with Crippen LogP contribution in [0.5, 0.6) is 0 Å². The molecule has 1 fully saturated rings. The number of aromatic nitrogens is 5. The Morgan fingerprint density at radius 2 is 1.83 bits per heavy atom. The summed E-state index contributed by atoms with van der Waals surface area (Å²) in [7, 11) is 0. The predicted molar refractivity (Wildman–Crippen MR) is 135 cm³/mol. The van der Waals surface area contributed by atoms with E-state index in [2.05, 4.69) is 38.1 Å². The Morgan fingerprint density at radius 1 is 1.03 bits per heavy atom.